The lowest BCUT2D eigenvalue weighted by atomic mass is 10.1. The Labute approximate surface area is 72.5 Å². The van der Waals surface area contributed by atoms with Gasteiger partial charge in [-0.15, -0.1) is 0 Å². The molecule has 0 fully saturated rings. The summed E-state index contributed by atoms with van der Waals surface area (Å²) >= 11 is 0. The second-order valence-electron chi connectivity index (χ2n) is 2.98. The summed E-state index contributed by atoms with van der Waals surface area (Å²) in [5, 5.41) is 9.06. The van der Waals surface area contributed by atoms with Gasteiger partial charge in [0.1, 0.15) is 0 Å². The molecule has 3 heteroatoms. The molecule has 1 heterocycles. The fourth-order valence-corrected chi connectivity index (χ4v) is 1.03. The van der Waals surface area contributed by atoms with Crippen molar-refractivity contribution in [1.82, 2.24) is 9.97 Å². The Morgan fingerprint density at radius 3 is 2.67 bits per heavy atom. The van der Waals surface area contributed by atoms with E-state index < -0.39 is 0 Å². The molecule has 1 N–H and O–H groups in total. The second kappa shape index (κ2) is 4.16. The average Bonchev–Trinajstić information content (AvgIpc) is 2.03. The molecule has 66 valence electrons. The van der Waals surface area contributed by atoms with Gasteiger partial charge in [-0.25, -0.2) is 0 Å². The van der Waals surface area contributed by atoms with Gasteiger partial charge in [0.25, 0.3) is 0 Å². The van der Waals surface area contributed by atoms with Crippen LogP contribution >= 0.6 is 0 Å². The van der Waals surface area contributed by atoms with Crippen LogP contribution in [0.2, 0.25) is 0 Å². The summed E-state index contributed by atoms with van der Waals surface area (Å²) in [6.45, 7) is 3.72. The number of rotatable bonds is 3. The van der Waals surface area contributed by atoms with Crippen LogP contribution in [0.1, 0.15) is 24.7 Å². The molecule has 0 aliphatic rings. The predicted octanol–water partition coefficient (Wildman–Crippen LogP) is 1.10. The van der Waals surface area contributed by atoms with E-state index in [0.29, 0.717) is 0 Å². The molecule has 0 aliphatic carbocycles. The molecule has 1 atom stereocenters. The van der Waals surface area contributed by atoms with Gasteiger partial charge in [-0.1, -0.05) is 0 Å². The third-order valence-corrected chi connectivity index (χ3v) is 1.78. The molecule has 0 saturated carbocycles. The number of aliphatic hydroxyl groups excluding tert-OH is 1. The molecule has 1 aromatic heterocycles. The molecule has 0 aromatic carbocycles. The SMILES string of the molecule is Cc1nccnc1CC[C@@H](C)O. The van der Waals surface area contributed by atoms with Crippen molar-refractivity contribution in [3.8, 4) is 0 Å². The number of hydrogen-bond acceptors (Lipinski definition) is 3. The topological polar surface area (TPSA) is 46.0 Å². The Bertz CT molecular complexity index is 248. The number of nitrogens with zero attached hydrogens (tertiary/aromatic N) is 2. The van der Waals surface area contributed by atoms with Crippen molar-refractivity contribution in [2.24, 2.45) is 0 Å². The van der Waals surface area contributed by atoms with Gasteiger partial charge in [-0.2, -0.15) is 0 Å². The molecular weight excluding hydrogens is 152 g/mol. The zero-order chi connectivity index (χ0) is 8.97. The van der Waals surface area contributed by atoms with Crippen LogP contribution in [0.25, 0.3) is 0 Å². The molecule has 3 nitrogen and oxygen atoms in total. The van der Waals surface area contributed by atoms with Gasteiger partial charge in [0.2, 0.25) is 0 Å². The zero-order valence-corrected chi connectivity index (χ0v) is 7.49. The fourth-order valence-electron chi connectivity index (χ4n) is 1.03. The van der Waals surface area contributed by atoms with E-state index in [4.69, 9.17) is 5.11 Å². The van der Waals surface area contributed by atoms with Crippen LogP contribution in [0.4, 0.5) is 0 Å². The van der Waals surface area contributed by atoms with Crippen LogP contribution in [0.5, 0.6) is 0 Å². The highest BCUT2D eigenvalue weighted by Crippen LogP contribution is 2.04. The van der Waals surface area contributed by atoms with Crippen molar-refractivity contribution < 1.29 is 5.11 Å². The van der Waals surface area contributed by atoms with E-state index in [1.807, 2.05) is 6.92 Å². The van der Waals surface area contributed by atoms with Gasteiger partial charge in [0.15, 0.2) is 0 Å². The van der Waals surface area contributed by atoms with E-state index in [0.717, 1.165) is 24.2 Å². The van der Waals surface area contributed by atoms with Crippen molar-refractivity contribution >= 4 is 0 Å². The van der Waals surface area contributed by atoms with E-state index in [1.165, 1.54) is 0 Å². The average molecular weight is 166 g/mol. The summed E-state index contributed by atoms with van der Waals surface area (Å²) in [6, 6.07) is 0. The summed E-state index contributed by atoms with van der Waals surface area (Å²) in [5.41, 5.74) is 1.94. The molecule has 0 spiro atoms. The maximum atomic E-state index is 9.06. The monoisotopic (exact) mass is 166 g/mol. The van der Waals surface area contributed by atoms with Gasteiger partial charge < -0.3 is 5.11 Å². The van der Waals surface area contributed by atoms with Gasteiger partial charge in [-0.3, -0.25) is 9.97 Å². The van der Waals surface area contributed by atoms with Crippen molar-refractivity contribution in [2.75, 3.05) is 0 Å². The fraction of sp³-hybridized carbons (Fsp3) is 0.556. The van der Waals surface area contributed by atoms with Gasteiger partial charge in [0.05, 0.1) is 17.5 Å². The molecule has 1 rings (SSSR count). The Kier molecular flexibility index (Phi) is 3.17. The van der Waals surface area contributed by atoms with Crippen molar-refractivity contribution in [3.05, 3.63) is 23.8 Å². The minimum absolute atomic E-state index is 0.258. The van der Waals surface area contributed by atoms with E-state index in [2.05, 4.69) is 9.97 Å². The quantitative estimate of drug-likeness (QED) is 0.731. The van der Waals surface area contributed by atoms with E-state index in [9.17, 15) is 0 Å². The minimum Gasteiger partial charge on any atom is -0.393 e. The van der Waals surface area contributed by atoms with Crippen LogP contribution in [0.3, 0.4) is 0 Å². The van der Waals surface area contributed by atoms with Crippen molar-refractivity contribution in [2.45, 2.75) is 32.8 Å². The molecule has 1 aromatic rings. The Morgan fingerprint density at radius 2 is 2.08 bits per heavy atom. The summed E-state index contributed by atoms with van der Waals surface area (Å²) in [4.78, 5) is 8.29. The molecule has 0 radical (unpaired) electrons. The summed E-state index contributed by atoms with van der Waals surface area (Å²) in [5.74, 6) is 0. The normalized spacial score (nSPS) is 12.9. The molecule has 0 unspecified atom stereocenters. The standard InChI is InChI=1S/C9H14N2O/c1-7(12)3-4-9-8(2)10-5-6-11-9/h5-7,12H,3-4H2,1-2H3/t7-/m1/s1. The zero-order valence-electron chi connectivity index (χ0n) is 7.49. The lowest BCUT2D eigenvalue weighted by Crippen LogP contribution is -2.04. The first-order valence-corrected chi connectivity index (χ1v) is 4.14. The summed E-state index contributed by atoms with van der Waals surface area (Å²) in [6.07, 6.45) is 4.66. The minimum atomic E-state index is -0.258. The van der Waals surface area contributed by atoms with Gasteiger partial charge >= 0.3 is 0 Å². The van der Waals surface area contributed by atoms with Crippen LogP contribution < -0.4 is 0 Å². The Balaban J connectivity index is 2.57. The number of aryl methyl sites for hydroxylation is 2. The highest BCUT2D eigenvalue weighted by atomic mass is 16.3. The van der Waals surface area contributed by atoms with Gasteiger partial charge in [0, 0.05) is 12.4 Å². The third kappa shape index (κ3) is 2.58. The smallest absolute Gasteiger partial charge is 0.0616 e. The number of aromatic nitrogens is 2. The third-order valence-electron chi connectivity index (χ3n) is 1.78. The Hall–Kier alpha value is -0.960. The molecule has 0 bridgehead atoms. The Morgan fingerprint density at radius 1 is 1.42 bits per heavy atom. The molecule has 0 aliphatic heterocycles. The van der Waals surface area contributed by atoms with E-state index in [-0.39, 0.29) is 6.10 Å². The first-order chi connectivity index (χ1) is 5.70. The second-order valence-corrected chi connectivity index (χ2v) is 2.98. The maximum absolute atomic E-state index is 9.06. The van der Waals surface area contributed by atoms with Crippen LogP contribution in [0, 0.1) is 6.92 Å². The molecular formula is C9H14N2O. The predicted molar refractivity (Wildman–Crippen MR) is 46.8 cm³/mol. The highest BCUT2D eigenvalue weighted by molar-refractivity contribution is 5.08. The first kappa shape index (κ1) is 9.13. The van der Waals surface area contributed by atoms with E-state index in [1.54, 1.807) is 19.3 Å². The summed E-state index contributed by atoms with van der Waals surface area (Å²) in [7, 11) is 0. The number of hydrogen-bond donors (Lipinski definition) is 1. The van der Waals surface area contributed by atoms with Gasteiger partial charge in [-0.05, 0) is 26.7 Å². The van der Waals surface area contributed by atoms with Crippen molar-refractivity contribution in [1.29, 1.82) is 0 Å². The lowest BCUT2D eigenvalue weighted by Gasteiger charge is -2.04. The lowest BCUT2D eigenvalue weighted by molar-refractivity contribution is 0.184. The van der Waals surface area contributed by atoms with Crippen LogP contribution in [0.15, 0.2) is 12.4 Å². The highest BCUT2D eigenvalue weighted by Gasteiger charge is 2.01. The van der Waals surface area contributed by atoms with Crippen molar-refractivity contribution in [3.63, 3.8) is 0 Å². The molecule has 12 heavy (non-hydrogen) atoms. The molecule has 0 amide bonds. The molecule has 0 saturated heterocycles. The van der Waals surface area contributed by atoms with Crippen LogP contribution in [-0.4, -0.2) is 21.2 Å². The number of aliphatic hydroxyl groups is 1. The van der Waals surface area contributed by atoms with E-state index >= 15 is 0 Å². The largest absolute Gasteiger partial charge is 0.393 e. The summed E-state index contributed by atoms with van der Waals surface area (Å²) < 4.78 is 0. The first-order valence-electron chi connectivity index (χ1n) is 4.14. The van der Waals surface area contributed by atoms with Crippen LogP contribution in [-0.2, 0) is 6.42 Å². The maximum Gasteiger partial charge on any atom is 0.0616 e.